The number of hydrogen-bond donors (Lipinski definition) is 0. The summed E-state index contributed by atoms with van der Waals surface area (Å²) < 4.78 is 42.4. The van der Waals surface area contributed by atoms with E-state index >= 15 is 0 Å². The summed E-state index contributed by atoms with van der Waals surface area (Å²) >= 11 is 3.25. The normalized spacial score (nSPS) is 11.2. The number of esters is 1. The summed E-state index contributed by atoms with van der Waals surface area (Å²) in [7, 11) is -2.94. The van der Waals surface area contributed by atoms with Gasteiger partial charge in [0.25, 0.3) is 0 Å². The number of ether oxygens (including phenoxy) is 2. The van der Waals surface area contributed by atoms with Crippen LogP contribution in [0, 0.1) is 0 Å². The molecule has 0 radical (unpaired) electrons. The van der Waals surface area contributed by atoms with Crippen molar-refractivity contribution in [3.05, 3.63) is 95.0 Å². The number of para-hydroxylation sites is 1. The summed E-state index contributed by atoms with van der Waals surface area (Å²) in [4.78, 5) is 12.7. The number of hydrogen-bond acceptors (Lipinski definition) is 6. The maximum Gasteiger partial charge on any atom is 0.347 e. The zero-order valence-corrected chi connectivity index (χ0v) is 19.2. The lowest BCUT2D eigenvalue weighted by Gasteiger charge is -2.13. The molecule has 0 aliphatic rings. The third-order valence-corrected chi connectivity index (χ3v) is 6.38. The Bertz CT molecular complexity index is 1420. The molecule has 8 heteroatoms. The van der Waals surface area contributed by atoms with Crippen LogP contribution < -0.4 is 13.7 Å². The molecule has 0 spiro atoms. The summed E-state index contributed by atoms with van der Waals surface area (Å²) in [5.41, 5.74) is -0.0294. The average Bonchev–Trinajstić information content (AvgIpc) is 2.79. The fourth-order valence-electron chi connectivity index (χ4n) is 3.11. The van der Waals surface area contributed by atoms with Gasteiger partial charge in [0.05, 0.1) is 7.11 Å². The van der Waals surface area contributed by atoms with Crippen molar-refractivity contribution in [2.75, 3.05) is 7.11 Å². The average molecular weight is 513 g/mol. The predicted octanol–water partition coefficient (Wildman–Crippen LogP) is 5.60. The van der Waals surface area contributed by atoms with Gasteiger partial charge in [-0.25, -0.2) is 4.79 Å². The van der Waals surface area contributed by atoms with E-state index in [0.29, 0.717) is 10.2 Å². The maximum absolute atomic E-state index is 12.9. The molecular formula is C24H17BrO6S. The number of carbonyl (C=O) groups is 1. The summed E-state index contributed by atoms with van der Waals surface area (Å²) in [6.07, 6.45) is 0. The summed E-state index contributed by atoms with van der Waals surface area (Å²) in [6, 6.07) is 23.4. The van der Waals surface area contributed by atoms with Gasteiger partial charge in [-0.2, -0.15) is 8.42 Å². The van der Waals surface area contributed by atoms with Gasteiger partial charge in [-0.1, -0.05) is 58.4 Å². The van der Waals surface area contributed by atoms with Crippen molar-refractivity contribution >= 4 is 42.8 Å². The molecule has 0 aromatic heterocycles. The lowest BCUT2D eigenvalue weighted by atomic mass is 10.1. The smallest absolute Gasteiger partial charge is 0.347 e. The standard InChI is InChI=1S/C24H17BrO6S/c1-29-22-13-11-18(25)15-23(22)32(27,28)31-21-9-5-4-8-20(21)24(26)30-19-12-10-16-6-2-3-7-17(16)14-19/h2-15H,1H3. The minimum absolute atomic E-state index is 0.0294. The second-order valence-corrected chi connectivity index (χ2v) is 9.16. The van der Waals surface area contributed by atoms with E-state index in [1.54, 1.807) is 30.3 Å². The molecule has 0 unspecified atom stereocenters. The fourth-order valence-corrected chi connectivity index (χ4v) is 4.76. The molecular weight excluding hydrogens is 496 g/mol. The molecule has 162 valence electrons. The monoisotopic (exact) mass is 512 g/mol. The quantitative estimate of drug-likeness (QED) is 0.190. The second kappa shape index (κ2) is 9.02. The van der Waals surface area contributed by atoms with Gasteiger partial charge in [-0.05, 0) is 53.2 Å². The molecule has 6 nitrogen and oxygen atoms in total. The molecule has 0 aliphatic carbocycles. The number of benzene rings is 4. The second-order valence-electron chi connectivity index (χ2n) is 6.73. The number of halogens is 1. The van der Waals surface area contributed by atoms with Gasteiger partial charge >= 0.3 is 16.1 Å². The van der Waals surface area contributed by atoms with Gasteiger partial charge in [0.1, 0.15) is 22.0 Å². The van der Waals surface area contributed by atoms with Crippen LogP contribution in [0.25, 0.3) is 10.8 Å². The molecule has 0 bridgehead atoms. The van der Waals surface area contributed by atoms with Crippen LogP contribution in [0.5, 0.6) is 17.2 Å². The third kappa shape index (κ3) is 4.61. The van der Waals surface area contributed by atoms with Crippen molar-refractivity contribution < 1.29 is 26.9 Å². The SMILES string of the molecule is COc1ccc(Br)cc1S(=O)(=O)Oc1ccccc1C(=O)Oc1ccc2ccccc2c1. The van der Waals surface area contributed by atoms with Crippen LogP contribution in [0.4, 0.5) is 0 Å². The van der Waals surface area contributed by atoms with E-state index in [9.17, 15) is 13.2 Å². The Kier molecular flexibility index (Phi) is 6.16. The molecule has 0 heterocycles. The molecule has 0 N–H and O–H groups in total. The molecule has 0 fully saturated rings. The van der Waals surface area contributed by atoms with E-state index in [0.717, 1.165) is 10.8 Å². The minimum atomic E-state index is -4.30. The Hall–Kier alpha value is -3.36. The van der Waals surface area contributed by atoms with E-state index in [4.69, 9.17) is 13.7 Å². The van der Waals surface area contributed by atoms with Gasteiger partial charge in [-0.15, -0.1) is 0 Å². The first-order chi connectivity index (χ1) is 15.4. The topological polar surface area (TPSA) is 78.9 Å². The Labute approximate surface area is 193 Å². The van der Waals surface area contributed by atoms with Crippen LogP contribution >= 0.6 is 15.9 Å². The summed E-state index contributed by atoms with van der Waals surface area (Å²) in [6.45, 7) is 0. The fraction of sp³-hybridized carbons (Fsp3) is 0.0417. The number of carbonyl (C=O) groups excluding carboxylic acids is 1. The van der Waals surface area contributed by atoms with E-state index in [2.05, 4.69) is 15.9 Å². The Morgan fingerprint density at radius 2 is 1.53 bits per heavy atom. The zero-order valence-electron chi connectivity index (χ0n) is 16.8. The third-order valence-electron chi connectivity index (χ3n) is 4.63. The molecule has 32 heavy (non-hydrogen) atoms. The van der Waals surface area contributed by atoms with Crippen LogP contribution in [-0.2, 0) is 10.1 Å². The van der Waals surface area contributed by atoms with Crippen molar-refractivity contribution in [2.24, 2.45) is 0 Å². The highest BCUT2D eigenvalue weighted by atomic mass is 79.9. The maximum atomic E-state index is 12.9. The molecule has 0 amide bonds. The number of rotatable bonds is 6. The Balaban J connectivity index is 1.64. The molecule has 4 rings (SSSR count). The molecule has 0 saturated carbocycles. The van der Waals surface area contributed by atoms with Crippen LogP contribution in [0.1, 0.15) is 10.4 Å². The van der Waals surface area contributed by atoms with Gasteiger partial charge in [0.2, 0.25) is 0 Å². The lowest BCUT2D eigenvalue weighted by Crippen LogP contribution is -2.15. The predicted molar refractivity (Wildman–Crippen MR) is 124 cm³/mol. The van der Waals surface area contributed by atoms with Crippen molar-refractivity contribution in [2.45, 2.75) is 4.90 Å². The van der Waals surface area contributed by atoms with Crippen molar-refractivity contribution in [3.8, 4) is 17.2 Å². The highest BCUT2D eigenvalue weighted by Crippen LogP contribution is 2.31. The number of fused-ring (bicyclic) bond motifs is 1. The van der Waals surface area contributed by atoms with Crippen molar-refractivity contribution in [3.63, 3.8) is 0 Å². The van der Waals surface area contributed by atoms with Gasteiger partial charge in [-0.3, -0.25) is 0 Å². The van der Waals surface area contributed by atoms with E-state index in [1.165, 1.54) is 31.4 Å². The highest BCUT2D eigenvalue weighted by molar-refractivity contribution is 9.10. The molecule has 4 aromatic carbocycles. The van der Waals surface area contributed by atoms with E-state index in [1.807, 2.05) is 30.3 Å². The van der Waals surface area contributed by atoms with Gasteiger partial charge in [0, 0.05) is 4.47 Å². The molecule has 0 atom stereocenters. The Morgan fingerprint density at radius 1 is 0.812 bits per heavy atom. The van der Waals surface area contributed by atoms with Crippen LogP contribution in [0.2, 0.25) is 0 Å². The van der Waals surface area contributed by atoms with E-state index in [-0.39, 0.29) is 22.0 Å². The first kappa shape index (κ1) is 21.9. The van der Waals surface area contributed by atoms with Gasteiger partial charge in [0.15, 0.2) is 5.75 Å². The zero-order chi connectivity index (χ0) is 22.7. The van der Waals surface area contributed by atoms with E-state index < -0.39 is 16.1 Å². The van der Waals surface area contributed by atoms with Crippen LogP contribution in [0.3, 0.4) is 0 Å². The summed E-state index contributed by atoms with van der Waals surface area (Å²) in [5, 5.41) is 1.91. The molecule has 4 aromatic rings. The Morgan fingerprint density at radius 3 is 2.31 bits per heavy atom. The van der Waals surface area contributed by atoms with Gasteiger partial charge < -0.3 is 13.7 Å². The molecule has 0 saturated heterocycles. The lowest BCUT2D eigenvalue weighted by molar-refractivity contribution is 0.0733. The molecule has 0 aliphatic heterocycles. The van der Waals surface area contributed by atoms with Crippen LogP contribution in [0.15, 0.2) is 94.3 Å². The number of methoxy groups -OCH3 is 1. The summed E-state index contributed by atoms with van der Waals surface area (Å²) in [5.74, 6) is -0.447. The first-order valence-corrected chi connectivity index (χ1v) is 11.7. The van der Waals surface area contributed by atoms with Crippen molar-refractivity contribution in [1.82, 2.24) is 0 Å². The first-order valence-electron chi connectivity index (χ1n) is 9.45. The minimum Gasteiger partial charge on any atom is -0.495 e. The largest absolute Gasteiger partial charge is 0.495 e. The highest BCUT2D eigenvalue weighted by Gasteiger charge is 2.25. The van der Waals surface area contributed by atoms with Crippen molar-refractivity contribution in [1.29, 1.82) is 0 Å². The van der Waals surface area contributed by atoms with Crippen LogP contribution in [-0.4, -0.2) is 21.5 Å².